The fourth-order valence-corrected chi connectivity index (χ4v) is 9.04. The first-order valence-corrected chi connectivity index (χ1v) is 15.1. The van der Waals surface area contributed by atoms with E-state index in [4.69, 9.17) is 15.5 Å². The molecule has 4 fully saturated rings. The largest absolute Gasteiger partial charge is 0.461 e. The Morgan fingerprint density at radius 1 is 1.18 bits per heavy atom. The van der Waals surface area contributed by atoms with Crippen molar-refractivity contribution in [1.82, 2.24) is 19.9 Å². The molecule has 0 amide bonds. The number of hydrogen-bond acceptors (Lipinski definition) is 11. The van der Waals surface area contributed by atoms with Gasteiger partial charge in [0.1, 0.15) is 23.8 Å². The van der Waals surface area contributed by atoms with Gasteiger partial charge in [0, 0.05) is 42.1 Å². The van der Waals surface area contributed by atoms with E-state index >= 15 is 0 Å². The van der Waals surface area contributed by atoms with Gasteiger partial charge in [-0.1, -0.05) is 11.8 Å². The van der Waals surface area contributed by atoms with Crippen molar-refractivity contribution in [3.63, 3.8) is 0 Å². The predicted octanol–water partition coefficient (Wildman–Crippen LogP) is 3.44. The van der Waals surface area contributed by atoms with Crippen molar-refractivity contribution in [1.29, 1.82) is 10.5 Å². The van der Waals surface area contributed by atoms with E-state index in [0.717, 1.165) is 50.6 Å². The number of rotatable bonds is 7. The first kappa shape index (κ1) is 24.4. The predicted molar refractivity (Wildman–Crippen MR) is 142 cm³/mol. The second kappa shape index (κ2) is 8.67. The van der Waals surface area contributed by atoms with Gasteiger partial charge in [0.2, 0.25) is 5.95 Å². The zero-order valence-corrected chi connectivity index (χ0v) is 22.7. The van der Waals surface area contributed by atoms with Crippen LogP contribution in [-0.2, 0) is 11.8 Å². The Morgan fingerprint density at radius 3 is 2.79 bits per heavy atom. The van der Waals surface area contributed by atoms with Crippen molar-refractivity contribution < 1.29 is 9.13 Å². The Labute approximate surface area is 229 Å². The Kier molecular flexibility index (Phi) is 5.56. The maximum Gasteiger partial charge on any atom is 0.322 e. The minimum absolute atomic E-state index is 0.0996. The van der Waals surface area contributed by atoms with E-state index in [-0.39, 0.29) is 22.4 Å². The molecule has 0 bridgehead atoms. The molecule has 5 aliphatic rings. The van der Waals surface area contributed by atoms with Gasteiger partial charge in [0.05, 0.1) is 22.6 Å². The normalized spacial score (nSPS) is 28.0. The highest BCUT2D eigenvalue weighted by Crippen LogP contribution is 2.52. The van der Waals surface area contributed by atoms with Crippen molar-refractivity contribution in [3.05, 3.63) is 16.0 Å². The molecule has 38 heavy (non-hydrogen) atoms. The molecule has 2 aliphatic carbocycles. The quantitative estimate of drug-likeness (QED) is 0.510. The van der Waals surface area contributed by atoms with E-state index in [0.29, 0.717) is 60.1 Å². The Balaban J connectivity index is 1.13. The molecule has 5 heterocycles. The smallest absolute Gasteiger partial charge is 0.322 e. The average molecular weight is 553 g/mol. The van der Waals surface area contributed by atoms with Crippen LogP contribution >= 0.6 is 23.1 Å². The molecule has 198 valence electrons. The summed E-state index contributed by atoms with van der Waals surface area (Å²) in [6.45, 7) is 3.15. The van der Waals surface area contributed by atoms with Crippen LogP contribution < -0.4 is 15.4 Å². The van der Waals surface area contributed by atoms with Crippen LogP contribution in [0, 0.1) is 28.1 Å². The molecule has 0 unspecified atom stereocenters. The number of anilines is 2. The third kappa shape index (κ3) is 3.83. The summed E-state index contributed by atoms with van der Waals surface area (Å²) in [5.41, 5.74) is 7.22. The lowest BCUT2D eigenvalue weighted by Gasteiger charge is -2.48. The standard InChI is InChI=1S/C26H29FN8OS2/c27-16-8-26(3-1-7-35(26)10-16)14-36-22-31-21(32-23(33-22)37-15-24(11-29)5-6-24)34-12-25(13-34)4-2-18-19(25)17(9-28)20(30)38-18/h16H,1-8,10,12-15,30H2/t16-,26+/m1/s1. The van der Waals surface area contributed by atoms with Gasteiger partial charge in [0.25, 0.3) is 0 Å². The van der Waals surface area contributed by atoms with Crippen LogP contribution in [0.4, 0.5) is 15.3 Å². The number of alkyl halides is 1. The summed E-state index contributed by atoms with van der Waals surface area (Å²) in [4.78, 5) is 19.6. The third-order valence-electron chi connectivity index (χ3n) is 9.13. The molecule has 2 aromatic rings. The number of nitrogens with two attached hydrogens (primary N) is 1. The van der Waals surface area contributed by atoms with E-state index in [2.05, 4.69) is 31.9 Å². The van der Waals surface area contributed by atoms with Gasteiger partial charge in [-0.05, 0) is 50.6 Å². The maximum atomic E-state index is 14.3. The van der Waals surface area contributed by atoms with Crippen LogP contribution in [0.5, 0.6) is 6.01 Å². The summed E-state index contributed by atoms with van der Waals surface area (Å²) < 4.78 is 20.5. The molecule has 2 aromatic heterocycles. The summed E-state index contributed by atoms with van der Waals surface area (Å²) in [5, 5.41) is 20.4. The summed E-state index contributed by atoms with van der Waals surface area (Å²) >= 11 is 3.01. The van der Waals surface area contributed by atoms with E-state index in [1.807, 2.05) is 0 Å². The molecule has 0 radical (unpaired) electrons. The van der Waals surface area contributed by atoms with Crippen molar-refractivity contribution in [2.24, 2.45) is 5.41 Å². The number of nitrogen functional groups attached to an aromatic ring is 1. The Bertz CT molecular complexity index is 1370. The number of halogens is 1. The highest BCUT2D eigenvalue weighted by atomic mass is 32.2. The van der Waals surface area contributed by atoms with Crippen LogP contribution in [0.1, 0.15) is 54.5 Å². The molecule has 9 nitrogen and oxygen atoms in total. The first-order valence-electron chi connectivity index (χ1n) is 13.3. The summed E-state index contributed by atoms with van der Waals surface area (Å²) in [6.07, 6.45) is 5.37. The monoisotopic (exact) mass is 552 g/mol. The van der Waals surface area contributed by atoms with Gasteiger partial charge >= 0.3 is 6.01 Å². The zero-order valence-electron chi connectivity index (χ0n) is 21.1. The van der Waals surface area contributed by atoms with Gasteiger partial charge < -0.3 is 15.4 Å². The third-order valence-corrected chi connectivity index (χ3v) is 11.3. The van der Waals surface area contributed by atoms with Gasteiger partial charge in [-0.2, -0.15) is 25.5 Å². The molecule has 2 N–H and O–H groups in total. The van der Waals surface area contributed by atoms with E-state index in [9.17, 15) is 14.9 Å². The topological polar surface area (TPSA) is 128 Å². The van der Waals surface area contributed by atoms with Crippen molar-refractivity contribution in [2.75, 3.05) is 49.2 Å². The van der Waals surface area contributed by atoms with Crippen molar-refractivity contribution >= 4 is 34.0 Å². The number of thioether (sulfide) groups is 1. The fraction of sp³-hybridized carbons (Fsp3) is 0.654. The van der Waals surface area contributed by atoms with E-state index in [1.54, 1.807) is 0 Å². The molecule has 3 saturated heterocycles. The molecule has 1 saturated carbocycles. The Hall–Kier alpha value is -2.67. The first-order chi connectivity index (χ1) is 18.4. The van der Waals surface area contributed by atoms with Gasteiger partial charge in [-0.25, -0.2) is 4.39 Å². The number of aryl methyl sites for hydroxylation is 1. The number of ether oxygens (including phenoxy) is 1. The molecule has 12 heteroatoms. The molecular formula is C26H29FN8OS2. The minimum atomic E-state index is -0.822. The maximum absolute atomic E-state index is 14.3. The average Bonchev–Trinajstić information content (AvgIpc) is 3.07. The second-order valence-corrected chi connectivity index (χ2v) is 13.7. The van der Waals surface area contributed by atoms with Gasteiger partial charge in [0.15, 0.2) is 5.16 Å². The van der Waals surface area contributed by atoms with Crippen LogP contribution in [-0.4, -0.2) is 70.1 Å². The van der Waals surface area contributed by atoms with Crippen molar-refractivity contribution in [3.8, 4) is 18.1 Å². The van der Waals surface area contributed by atoms with E-state index < -0.39 is 6.17 Å². The zero-order chi connectivity index (χ0) is 26.1. The number of nitriles is 2. The van der Waals surface area contributed by atoms with Crippen LogP contribution in [0.3, 0.4) is 0 Å². The van der Waals surface area contributed by atoms with Crippen LogP contribution in [0.2, 0.25) is 0 Å². The second-order valence-electron chi connectivity index (χ2n) is 11.6. The lowest BCUT2D eigenvalue weighted by atomic mass is 9.74. The molecule has 2 atom stereocenters. The highest BCUT2D eigenvalue weighted by Gasteiger charge is 2.53. The summed E-state index contributed by atoms with van der Waals surface area (Å²) in [6, 6.07) is 5.01. The number of hydrogen-bond donors (Lipinski definition) is 1. The fourth-order valence-electron chi connectivity index (χ4n) is 6.85. The lowest BCUT2D eigenvalue weighted by Crippen LogP contribution is -2.59. The van der Waals surface area contributed by atoms with Crippen LogP contribution in [0.25, 0.3) is 0 Å². The minimum Gasteiger partial charge on any atom is -0.461 e. The molecule has 0 aromatic carbocycles. The molecule has 1 spiro atoms. The van der Waals surface area contributed by atoms with Gasteiger partial charge in [-0.3, -0.25) is 4.90 Å². The molecule has 3 aliphatic heterocycles. The number of aromatic nitrogens is 3. The SMILES string of the molecule is N#Cc1c(N)sc2c1C1(CC2)CN(c2nc(OC[C@@]34CCCN3C[C@H](F)C4)nc(SCC3(C#N)CC3)n2)C1. The lowest BCUT2D eigenvalue weighted by molar-refractivity contribution is 0.106. The number of nitrogens with zero attached hydrogens (tertiary/aromatic N) is 7. The van der Waals surface area contributed by atoms with Gasteiger partial charge in [-0.15, -0.1) is 11.3 Å². The molecule has 7 rings (SSSR count). The summed E-state index contributed by atoms with van der Waals surface area (Å²) in [5.74, 6) is 1.19. The van der Waals surface area contributed by atoms with Crippen LogP contribution in [0.15, 0.2) is 5.16 Å². The number of thiophene rings is 1. The van der Waals surface area contributed by atoms with E-state index in [1.165, 1.54) is 28.0 Å². The van der Waals surface area contributed by atoms with Crippen molar-refractivity contribution in [2.45, 2.75) is 67.2 Å². The summed E-state index contributed by atoms with van der Waals surface area (Å²) in [7, 11) is 0. The Morgan fingerprint density at radius 2 is 2.03 bits per heavy atom. The molecular weight excluding hydrogens is 523 g/mol. The number of fused-ring (bicyclic) bond motifs is 3. The highest BCUT2D eigenvalue weighted by molar-refractivity contribution is 7.99.